The number of rotatable bonds is 7. The van der Waals surface area contributed by atoms with Crippen molar-refractivity contribution in [3.8, 4) is 0 Å². The first kappa shape index (κ1) is 32.5. The zero-order valence-corrected chi connectivity index (χ0v) is 20.1. The van der Waals surface area contributed by atoms with Gasteiger partial charge in [0.1, 0.15) is 0 Å². The SMILES string of the molecule is COCCN1CCC2OCCCC2(COCc2cccnc2)C1.O=C(O)C(F)(F)F.O=C(O)C(F)(F)F. The van der Waals surface area contributed by atoms with Crippen LogP contribution in [-0.4, -0.2) is 97.1 Å². The second kappa shape index (κ2) is 15.1. The number of hydrogen-bond acceptors (Lipinski definition) is 7. The number of aliphatic carboxylic acids is 2. The Morgan fingerprint density at radius 3 is 2.32 bits per heavy atom. The Kier molecular flexibility index (Phi) is 13.2. The van der Waals surface area contributed by atoms with Crippen molar-refractivity contribution in [2.24, 2.45) is 5.41 Å². The van der Waals surface area contributed by atoms with Crippen LogP contribution in [0, 0.1) is 5.41 Å². The van der Waals surface area contributed by atoms with Gasteiger partial charge in [0.05, 0.1) is 25.9 Å². The summed E-state index contributed by atoms with van der Waals surface area (Å²) in [6.07, 6.45) is -2.75. The number of carboxylic acids is 2. The largest absolute Gasteiger partial charge is 0.490 e. The average Bonchev–Trinajstić information content (AvgIpc) is 2.83. The third-order valence-corrected chi connectivity index (χ3v) is 5.54. The van der Waals surface area contributed by atoms with Crippen molar-refractivity contribution >= 4 is 11.9 Å². The number of alkyl halides is 6. The average molecular weight is 548 g/mol. The molecule has 2 N–H and O–H groups in total. The van der Waals surface area contributed by atoms with Crippen LogP contribution in [0.1, 0.15) is 24.8 Å². The molecule has 0 radical (unpaired) electrons. The number of hydrogen-bond donors (Lipinski definition) is 2. The van der Waals surface area contributed by atoms with Crippen LogP contribution in [0.5, 0.6) is 0 Å². The highest BCUT2D eigenvalue weighted by Gasteiger charge is 2.46. The number of ether oxygens (including phenoxy) is 3. The maximum Gasteiger partial charge on any atom is 0.490 e. The molecule has 0 amide bonds. The highest BCUT2D eigenvalue weighted by atomic mass is 19.4. The fourth-order valence-electron chi connectivity index (χ4n) is 3.86. The number of carbonyl (C=O) groups is 2. The Balaban J connectivity index is 0.000000404. The quantitative estimate of drug-likeness (QED) is 0.495. The lowest BCUT2D eigenvalue weighted by molar-refractivity contribution is -0.193. The fraction of sp³-hybridized carbons (Fsp3) is 0.682. The maximum atomic E-state index is 10.6. The number of likely N-dealkylation sites (tertiary alicyclic amines) is 1. The summed E-state index contributed by atoms with van der Waals surface area (Å²) in [6, 6.07) is 4.02. The van der Waals surface area contributed by atoms with Gasteiger partial charge in [0, 0.05) is 51.2 Å². The van der Waals surface area contributed by atoms with Gasteiger partial charge in [-0.1, -0.05) is 6.07 Å². The molecule has 2 atom stereocenters. The summed E-state index contributed by atoms with van der Waals surface area (Å²) in [5.74, 6) is -5.51. The molecule has 0 aromatic carbocycles. The van der Waals surface area contributed by atoms with Gasteiger partial charge in [0.2, 0.25) is 0 Å². The second-order valence-electron chi connectivity index (χ2n) is 8.34. The monoisotopic (exact) mass is 548 g/mol. The Morgan fingerprint density at radius 2 is 1.81 bits per heavy atom. The molecular weight excluding hydrogens is 518 g/mol. The van der Waals surface area contributed by atoms with Crippen molar-refractivity contribution in [2.45, 2.75) is 44.3 Å². The van der Waals surface area contributed by atoms with Gasteiger partial charge in [-0.2, -0.15) is 26.3 Å². The molecule has 1 aromatic rings. The van der Waals surface area contributed by atoms with Gasteiger partial charge in [-0.3, -0.25) is 4.98 Å². The predicted molar refractivity (Wildman–Crippen MR) is 116 cm³/mol. The van der Waals surface area contributed by atoms with Gasteiger partial charge in [-0.05, 0) is 30.9 Å². The molecule has 2 aliphatic heterocycles. The minimum Gasteiger partial charge on any atom is -0.475 e. The van der Waals surface area contributed by atoms with Crippen molar-refractivity contribution in [3.63, 3.8) is 0 Å². The van der Waals surface area contributed by atoms with Crippen molar-refractivity contribution in [3.05, 3.63) is 30.1 Å². The molecule has 0 spiro atoms. The molecule has 37 heavy (non-hydrogen) atoms. The van der Waals surface area contributed by atoms with E-state index in [0.717, 1.165) is 57.9 Å². The molecule has 0 saturated carbocycles. The number of nitrogens with zero attached hydrogens (tertiary/aromatic N) is 2. The van der Waals surface area contributed by atoms with Crippen LogP contribution < -0.4 is 0 Å². The van der Waals surface area contributed by atoms with Crippen LogP contribution in [0.2, 0.25) is 0 Å². The Morgan fingerprint density at radius 1 is 1.19 bits per heavy atom. The van der Waals surface area contributed by atoms with E-state index in [1.165, 1.54) is 6.42 Å². The van der Waals surface area contributed by atoms with Gasteiger partial charge in [-0.15, -0.1) is 0 Å². The van der Waals surface area contributed by atoms with E-state index in [1.807, 2.05) is 12.3 Å². The Hall–Kier alpha value is -2.49. The minimum atomic E-state index is -5.08. The van der Waals surface area contributed by atoms with Crippen LogP contribution in [0.3, 0.4) is 0 Å². The lowest BCUT2D eigenvalue weighted by Gasteiger charge is -2.50. The van der Waals surface area contributed by atoms with Crippen molar-refractivity contribution in [2.75, 3.05) is 46.6 Å². The number of piperidine rings is 1. The summed E-state index contributed by atoms with van der Waals surface area (Å²) in [6.45, 7) is 6.21. The number of halogens is 6. The minimum absolute atomic E-state index is 0.131. The van der Waals surface area contributed by atoms with Crippen LogP contribution in [0.4, 0.5) is 26.3 Å². The molecule has 2 saturated heterocycles. The van der Waals surface area contributed by atoms with Crippen LogP contribution in [-0.2, 0) is 30.4 Å². The molecule has 0 aliphatic carbocycles. The van der Waals surface area contributed by atoms with Gasteiger partial charge >= 0.3 is 24.3 Å². The van der Waals surface area contributed by atoms with Crippen LogP contribution >= 0.6 is 0 Å². The van der Waals surface area contributed by atoms with E-state index in [-0.39, 0.29) is 5.41 Å². The van der Waals surface area contributed by atoms with E-state index in [0.29, 0.717) is 12.7 Å². The normalized spacial score (nSPS) is 22.0. The van der Waals surface area contributed by atoms with Crippen molar-refractivity contribution in [1.29, 1.82) is 0 Å². The second-order valence-corrected chi connectivity index (χ2v) is 8.34. The first-order valence-corrected chi connectivity index (χ1v) is 11.1. The summed E-state index contributed by atoms with van der Waals surface area (Å²) in [5, 5.41) is 14.2. The lowest BCUT2D eigenvalue weighted by Crippen LogP contribution is -2.57. The molecule has 3 heterocycles. The molecule has 212 valence electrons. The van der Waals surface area contributed by atoms with Gasteiger partial charge in [-0.25, -0.2) is 9.59 Å². The highest BCUT2D eigenvalue weighted by Crippen LogP contribution is 2.40. The number of aromatic nitrogens is 1. The Labute approximate surface area is 209 Å². The molecular formula is C22H30F6N2O7. The van der Waals surface area contributed by atoms with Crippen molar-refractivity contribution < 1.29 is 60.4 Å². The van der Waals surface area contributed by atoms with E-state index < -0.39 is 24.3 Å². The maximum absolute atomic E-state index is 10.6. The number of carboxylic acid groups (broad SMARTS) is 2. The smallest absolute Gasteiger partial charge is 0.475 e. The van der Waals surface area contributed by atoms with Crippen LogP contribution in [0.15, 0.2) is 24.5 Å². The first-order valence-electron chi connectivity index (χ1n) is 11.1. The van der Waals surface area contributed by atoms with Crippen LogP contribution in [0.25, 0.3) is 0 Å². The third kappa shape index (κ3) is 12.1. The fourth-order valence-corrected chi connectivity index (χ4v) is 3.86. The molecule has 2 aliphatic rings. The zero-order valence-electron chi connectivity index (χ0n) is 20.1. The summed E-state index contributed by atoms with van der Waals surface area (Å²) < 4.78 is 80.9. The van der Waals surface area contributed by atoms with Crippen molar-refractivity contribution in [1.82, 2.24) is 9.88 Å². The summed E-state index contributed by atoms with van der Waals surface area (Å²) in [7, 11) is 1.77. The van der Waals surface area contributed by atoms with E-state index in [1.54, 1.807) is 13.3 Å². The topological polar surface area (TPSA) is 118 Å². The van der Waals surface area contributed by atoms with E-state index in [9.17, 15) is 26.3 Å². The summed E-state index contributed by atoms with van der Waals surface area (Å²) in [4.78, 5) is 24.4. The molecule has 2 unspecified atom stereocenters. The summed E-state index contributed by atoms with van der Waals surface area (Å²) >= 11 is 0. The van der Waals surface area contributed by atoms with Gasteiger partial charge < -0.3 is 29.3 Å². The lowest BCUT2D eigenvalue weighted by atomic mass is 9.73. The standard InChI is InChI=1S/C18H28N2O3.2C2HF3O2/c1-21-11-9-20-8-5-17-18(14-20,6-3-10-23-17)15-22-13-16-4-2-7-19-12-16;2*3-2(4,5)1(6)7/h2,4,7,12,17H,3,5-6,8-11,13-15H2,1H3;2*(H,6,7). The summed E-state index contributed by atoms with van der Waals surface area (Å²) in [5.41, 5.74) is 1.26. The number of methoxy groups -OCH3 is 1. The third-order valence-electron chi connectivity index (χ3n) is 5.54. The molecule has 0 bridgehead atoms. The van der Waals surface area contributed by atoms with E-state index in [2.05, 4.69) is 16.0 Å². The molecule has 3 rings (SSSR count). The Bertz CT molecular complexity index is 802. The predicted octanol–water partition coefficient (Wildman–Crippen LogP) is 3.38. The molecule has 9 nitrogen and oxygen atoms in total. The highest BCUT2D eigenvalue weighted by molar-refractivity contribution is 5.73. The molecule has 2 fully saturated rings. The number of pyridine rings is 1. The molecule has 15 heteroatoms. The van der Waals surface area contributed by atoms with Gasteiger partial charge in [0.15, 0.2) is 0 Å². The number of fused-ring (bicyclic) bond motifs is 1. The van der Waals surface area contributed by atoms with Gasteiger partial charge in [0.25, 0.3) is 0 Å². The molecule has 1 aromatic heterocycles. The first-order chi connectivity index (χ1) is 17.2. The zero-order chi connectivity index (χ0) is 28.1. The van der Waals surface area contributed by atoms with E-state index >= 15 is 0 Å². The van der Waals surface area contributed by atoms with E-state index in [4.69, 9.17) is 34.0 Å².